The highest BCUT2D eigenvalue weighted by molar-refractivity contribution is 6.01. The van der Waals surface area contributed by atoms with Gasteiger partial charge in [0.25, 0.3) is 0 Å². The Morgan fingerprint density at radius 2 is 1.46 bits per heavy atom. The summed E-state index contributed by atoms with van der Waals surface area (Å²) < 4.78 is 10.6. The number of carbonyl (C=O) groups excluding carboxylic acids is 1. The van der Waals surface area contributed by atoms with Crippen molar-refractivity contribution < 1.29 is 14.3 Å². The van der Waals surface area contributed by atoms with Crippen LogP contribution in [0.2, 0.25) is 0 Å². The molecule has 1 aliphatic rings. The van der Waals surface area contributed by atoms with Crippen LogP contribution in [-0.4, -0.2) is 25.8 Å². The maximum Gasteiger partial charge on any atom is 0.213 e. The van der Waals surface area contributed by atoms with Crippen LogP contribution in [0.1, 0.15) is 13.8 Å². The molecule has 0 bridgehead atoms. The third-order valence-corrected chi connectivity index (χ3v) is 2.33. The second-order valence-corrected chi connectivity index (χ2v) is 3.08. The minimum atomic E-state index is -0.839. The van der Waals surface area contributed by atoms with Crippen molar-refractivity contribution in [2.75, 3.05) is 14.2 Å². The quantitative estimate of drug-likeness (QED) is 0.606. The summed E-state index contributed by atoms with van der Waals surface area (Å²) in [6.07, 6.45) is 3.06. The summed E-state index contributed by atoms with van der Waals surface area (Å²) in [5.74, 6) is -0.854. The van der Waals surface area contributed by atoms with Gasteiger partial charge < -0.3 is 9.47 Å². The molecule has 0 unspecified atom stereocenters. The number of allylic oxidation sites excluding steroid dienone is 2. The average Bonchev–Trinajstić information content (AvgIpc) is 2.05. The number of rotatable bonds is 2. The molecule has 0 saturated heterocycles. The minimum absolute atomic E-state index is 0.0141. The van der Waals surface area contributed by atoms with Crippen LogP contribution in [0.3, 0.4) is 0 Å². The second kappa shape index (κ2) is 3.44. The summed E-state index contributed by atoms with van der Waals surface area (Å²) in [6, 6.07) is 0. The minimum Gasteiger partial charge on any atom is -0.346 e. The molecule has 0 aromatic rings. The molecule has 0 radical (unpaired) electrons. The molecule has 0 amide bonds. The van der Waals surface area contributed by atoms with Crippen LogP contribution in [0.15, 0.2) is 23.3 Å². The Balaban J connectivity index is 3.16. The molecule has 0 saturated carbocycles. The molecule has 3 nitrogen and oxygen atoms in total. The lowest BCUT2D eigenvalue weighted by molar-refractivity contribution is -0.152. The van der Waals surface area contributed by atoms with Crippen molar-refractivity contribution in [2.24, 2.45) is 0 Å². The molecule has 0 aliphatic heterocycles. The highest BCUT2D eigenvalue weighted by Crippen LogP contribution is 2.32. The molecule has 0 spiro atoms. The lowest BCUT2D eigenvalue weighted by Gasteiger charge is -2.34. The van der Waals surface area contributed by atoms with Gasteiger partial charge in [0.1, 0.15) is 0 Å². The predicted octanol–water partition coefficient (Wildman–Crippen LogP) is 1.45. The Morgan fingerprint density at radius 3 is 1.77 bits per heavy atom. The van der Waals surface area contributed by atoms with E-state index in [0.717, 1.165) is 11.1 Å². The van der Waals surface area contributed by atoms with E-state index in [-0.39, 0.29) is 5.78 Å². The van der Waals surface area contributed by atoms with Gasteiger partial charge in [-0.15, -0.1) is 0 Å². The molecule has 0 aromatic heterocycles. The molecule has 13 heavy (non-hydrogen) atoms. The van der Waals surface area contributed by atoms with E-state index in [4.69, 9.17) is 9.47 Å². The average molecular weight is 182 g/mol. The Kier molecular flexibility index (Phi) is 2.68. The fourth-order valence-electron chi connectivity index (χ4n) is 1.70. The van der Waals surface area contributed by atoms with Gasteiger partial charge in [-0.25, -0.2) is 0 Å². The number of hydrogen-bond donors (Lipinski definition) is 0. The first-order valence-electron chi connectivity index (χ1n) is 4.08. The van der Waals surface area contributed by atoms with E-state index < -0.39 is 5.79 Å². The van der Waals surface area contributed by atoms with Crippen molar-refractivity contribution in [3.05, 3.63) is 23.3 Å². The normalized spacial score (nSPS) is 21.1. The van der Waals surface area contributed by atoms with Crippen molar-refractivity contribution in [3.63, 3.8) is 0 Å². The summed E-state index contributed by atoms with van der Waals surface area (Å²) in [6.45, 7) is 3.64. The van der Waals surface area contributed by atoms with E-state index >= 15 is 0 Å². The van der Waals surface area contributed by atoms with Gasteiger partial charge in [0.15, 0.2) is 5.78 Å². The molecule has 72 valence electrons. The monoisotopic (exact) mass is 182 g/mol. The van der Waals surface area contributed by atoms with Crippen LogP contribution in [0.25, 0.3) is 0 Å². The van der Waals surface area contributed by atoms with Gasteiger partial charge in [0.05, 0.1) is 0 Å². The van der Waals surface area contributed by atoms with E-state index in [1.54, 1.807) is 14.2 Å². The standard InChI is InChI=1S/C10H14O3/c1-7-5-9(11)6-8(2)10(7,12-3)13-4/h5-6H,1-4H3. The Morgan fingerprint density at radius 1 is 1.08 bits per heavy atom. The van der Waals surface area contributed by atoms with Crippen LogP contribution in [0, 0.1) is 0 Å². The number of carbonyl (C=O) groups is 1. The fraction of sp³-hybridized carbons (Fsp3) is 0.500. The van der Waals surface area contributed by atoms with Gasteiger partial charge in [-0.05, 0) is 37.1 Å². The number of ketones is 1. The fourth-order valence-corrected chi connectivity index (χ4v) is 1.70. The molecule has 1 aliphatic carbocycles. The van der Waals surface area contributed by atoms with E-state index in [9.17, 15) is 4.79 Å². The van der Waals surface area contributed by atoms with Crippen molar-refractivity contribution in [1.82, 2.24) is 0 Å². The Hall–Kier alpha value is -0.930. The molecular weight excluding hydrogens is 168 g/mol. The highest BCUT2D eigenvalue weighted by Gasteiger charge is 2.36. The largest absolute Gasteiger partial charge is 0.346 e. The zero-order valence-electron chi connectivity index (χ0n) is 8.38. The van der Waals surface area contributed by atoms with Gasteiger partial charge in [-0.2, -0.15) is 0 Å². The lowest BCUT2D eigenvalue weighted by Crippen LogP contribution is -2.38. The van der Waals surface area contributed by atoms with Crippen LogP contribution < -0.4 is 0 Å². The predicted molar refractivity (Wildman–Crippen MR) is 49.3 cm³/mol. The van der Waals surface area contributed by atoms with Gasteiger partial charge in [-0.1, -0.05) is 0 Å². The number of hydrogen-bond acceptors (Lipinski definition) is 3. The molecule has 0 atom stereocenters. The van der Waals surface area contributed by atoms with E-state index in [1.165, 1.54) is 12.2 Å². The first kappa shape index (κ1) is 10.2. The third-order valence-electron chi connectivity index (χ3n) is 2.33. The van der Waals surface area contributed by atoms with E-state index in [1.807, 2.05) is 13.8 Å². The van der Waals surface area contributed by atoms with Crippen LogP contribution in [-0.2, 0) is 14.3 Å². The summed E-state index contributed by atoms with van der Waals surface area (Å²) in [4.78, 5) is 11.1. The lowest BCUT2D eigenvalue weighted by atomic mass is 9.92. The molecule has 1 rings (SSSR count). The molecule has 0 aromatic carbocycles. The smallest absolute Gasteiger partial charge is 0.213 e. The number of ether oxygens (including phenoxy) is 2. The Bertz CT molecular complexity index is 259. The summed E-state index contributed by atoms with van der Waals surface area (Å²) in [7, 11) is 3.13. The summed E-state index contributed by atoms with van der Waals surface area (Å²) in [5.41, 5.74) is 1.56. The first-order chi connectivity index (χ1) is 6.06. The maximum atomic E-state index is 11.1. The summed E-state index contributed by atoms with van der Waals surface area (Å²) >= 11 is 0. The number of methoxy groups -OCH3 is 2. The second-order valence-electron chi connectivity index (χ2n) is 3.08. The summed E-state index contributed by atoms with van der Waals surface area (Å²) in [5, 5.41) is 0. The van der Waals surface area contributed by atoms with E-state index in [2.05, 4.69) is 0 Å². The molecule has 0 fully saturated rings. The van der Waals surface area contributed by atoms with Crippen molar-refractivity contribution in [1.29, 1.82) is 0 Å². The van der Waals surface area contributed by atoms with Crippen LogP contribution in [0.5, 0.6) is 0 Å². The zero-order chi connectivity index (χ0) is 10.1. The molecular formula is C10H14O3. The topological polar surface area (TPSA) is 35.5 Å². The van der Waals surface area contributed by atoms with Gasteiger partial charge >= 0.3 is 0 Å². The van der Waals surface area contributed by atoms with Crippen molar-refractivity contribution >= 4 is 5.78 Å². The van der Waals surface area contributed by atoms with Crippen LogP contribution >= 0.6 is 0 Å². The highest BCUT2D eigenvalue weighted by atomic mass is 16.7. The Labute approximate surface area is 78.0 Å². The van der Waals surface area contributed by atoms with Gasteiger partial charge in [-0.3, -0.25) is 4.79 Å². The third kappa shape index (κ3) is 1.45. The first-order valence-corrected chi connectivity index (χ1v) is 4.08. The van der Waals surface area contributed by atoms with E-state index in [0.29, 0.717) is 0 Å². The molecule has 0 heterocycles. The zero-order valence-corrected chi connectivity index (χ0v) is 8.38. The molecule has 3 heteroatoms. The SMILES string of the molecule is COC1(OC)C(C)=CC(=O)C=C1C. The van der Waals surface area contributed by atoms with Crippen LogP contribution in [0.4, 0.5) is 0 Å². The van der Waals surface area contributed by atoms with Crippen molar-refractivity contribution in [2.45, 2.75) is 19.6 Å². The van der Waals surface area contributed by atoms with Gasteiger partial charge in [0.2, 0.25) is 5.79 Å². The van der Waals surface area contributed by atoms with Crippen molar-refractivity contribution in [3.8, 4) is 0 Å². The van der Waals surface area contributed by atoms with Gasteiger partial charge in [0, 0.05) is 14.2 Å². The molecule has 0 N–H and O–H groups in total. The maximum absolute atomic E-state index is 11.1.